The van der Waals surface area contributed by atoms with Crippen molar-refractivity contribution in [2.45, 2.75) is 44.0 Å². The highest BCUT2D eigenvalue weighted by Crippen LogP contribution is 2.27. The Kier molecular flexibility index (Phi) is 9.11. The summed E-state index contributed by atoms with van der Waals surface area (Å²) in [5.41, 5.74) is 1.08. The fourth-order valence-electron chi connectivity index (χ4n) is 3.38. The average molecular weight is 387 g/mol. The van der Waals surface area contributed by atoms with E-state index in [0.717, 1.165) is 23.5 Å². The molecule has 0 aromatic heterocycles. The molecule has 4 nitrogen and oxygen atoms in total. The van der Waals surface area contributed by atoms with Gasteiger partial charge in [0, 0.05) is 35.4 Å². The van der Waals surface area contributed by atoms with Crippen LogP contribution in [0.5, 0.6) is 0 Å². The topological polar surface area (TPSA) is 49.4 Å². The zero-order valence-corrected chi connectivity index (χ0v) is 17.3. The summed E-state index contributed by atoms with van der Waals surface area (Å²) in [4.78, 5) is 15.3. The van der Waals surface area contributed by atoms with Gasteiger partial charge in [-0.3, -0.25) is 9.00 Å². The summed E-state index contributed by atoms with van der Waals surface area (Å²) in [6.45, 7) is 6.39. The van der Waals surface area contributed by atoms with Crippen LogP contribution in [0, 0.1) is 11.8 Å². The smallest absolute Gasteiger partial charge is 0.223 e. The first kappa shape index (κ1) is 22.1. The van der Waals surface area contributed by atoms with Crippen LogP contribution < -0.4 is 5.32 Å². The first-order valence-electron chi connectivity index (χ1n) is 8.80. The number of piperidine rings is 1. The van der Waals surface area contributed by atoms with Gasteiger partial charge in [0.25, 0.3) is 0 Å². The van der Waals surface area contributed by atoms with Gasteiger partial charge in [-0.25, -0.2) is 0 Å². The van der Waals surface area contributed by atoms with E-state index in [-0.39, 0.29) is 24.4 Å². The van der Waals surface area contributed by atoms with Crippen LogP contribution >= 0.6 is 12.4 Å². The SMILES string of the molecule is CC(CC(=O)N(C)C(C)c1ccc(S(C)=O)cc1)C1CCNCC1.Cl. The molecule has 1 aromatic carbocycles. The van der Waals surface area contributed by atoms with E-state index in [4.69, 9.17) is 0 Å². The maximum atomic E-state index is 12.6. The van der Waals surface area contributed by atoms with Crippen molar-refractivity contribution in [3.63, 3.8) is 0 Å². The Hall–Kier alpha value is -0.910. The summed E-state index contributed by atoms with van der Waals surface area (Å²) < 4.78 is 11.5. The highest BCUT2D eigenvalue weighted by atomic mass is 35.5. The molecule has 1 saturated heterocycles. The standard InChI is InChI=1S/C19H30N2O2S.ClH/c1-14(16-9-11-20-12-10-16)13-19(22)21(3)15(2)17-5-7-18(8-6-17)24(4)23;/h5-8,14-16,20H,9-13H2,1-4H3;1H. The molecule has 0 aliphatic carbocycles. The van der Waals surface area contributed by atoms with Gasteiger partial charge in [0.05, 0.1) is 6.04 Å². The highest BCUT2D eigenvalue weighted by Gasteiger charge is 2.25. The van der Waals surface area contributed by atoms with Crippen molar-refractivity contribution in [1.29, 1.82) is 0 Å². The van der Waals surface area contributed by atoms with E-state index in [1.54, 1.807) is 6.26 Å². The van der Waals surface area contributed by atoms with E-state index in [1.807, 2.05) is 43.1 Å². The molecule has 1 fully saturated rings. The monoisotopic (exact) mass is 386 g/mol. The second kappa shape index (κ2) is 10.3. The van der Waals surface area contributed by atoms with Crippen molar-refractivity contribution in [3.05, 3.63) is 29.8 Å². The number of hydrogen-bond donors (Lipinski definition) is 1. The molecule has 25 heavy (non-hydrogen) atoms. The van der Waals surface area contributed by atoms with Crippen LogP contribution in [0.1, 0.15) is 44.7 Å². The van der Waals surface area contributed by atoms with Crippen molar-refractivity contribution >= 4 is 29.1 Å². The normalized spacial score (nSPS) is 18.7. The molecule has 3 unspecified atom stereocenters. The lowest BCUT2D eigenvalue weighted by atomic mass is 9.84. The van der Waals surface area contributed by atoms with Crippen LogP contribution in [-0.2, 0) is 15.6 Å². The van der Waals surface area contributed by atoms with Crippen molar-refractivity contribution in [3.8, 4) is 0 Å². The number of nitrogens with zero attached hydrogens (tertiary/aromatic N) is 1. The molecule has 1 amide bonds. The van der Waals surface area contributed by atoms with Crippen molar-refractivity contribution in [2.24, 2.45) is 11.8 Å². The maximum absolute atomic E-state index is 12.6. The summed E-state index contributed by atoms with van der Waals surface area (Å²) in [7, 11) is 0.917. The molecule has 0 radical (unpaired) electrons. The molecule has 1 heterocycles. The number of halogens is 1. The van der Waals surface area contributed by atoms with Gasteiger partial charge in [-0.15, -0.1) is 12.4 Å². The van der Waals surface area contributed by atoms with Gasteiger partial charge < -0.3 is 10.2 Å². The Morgan fingerprint density at radius 3 is 2.32 bits per heavy atom. The van der Waals surface area contributed by atoms with Gasteiger partial charge in [0.2, 0.25) is 5.91 Å². The Morgan fingerprint density at radius 2 is 1.80 bits per heavy atom. The molecule has 0 saturated carbocycles. The molecule has 142 valence electrons. The van der Waals surface area contributed by atoms with E-state index in [2.05, 4.69) is 12.2 Å². The number of hydrogen-bond acceptors (Lipinski definition) is 3. The van der Waals surface area contributed by atoms with Gasteiger partial charge in [0.15, 0.2) is 0 Å². The Bertz CT molecular complexity index is 573. The highest BCUT2D eigenvalue weighted by molar-refractivity contribution is 7.84. The van der Waals surface area contributed by atoms with E-state index < -0.39 is 10.8 Å². The van der Waals surface area contributed by atoms with Crippen LogP contribution in [0.3, 0.4) is 0 Å². The summed E-state index contributed by atoms with van der Waals surface area (Å²) in [6.07, 6.45) is 4.63. The first-order chi connectivity index (χ1) is 11.4. The Labute approximate surface area is 160 Å². The van der Waals surface area contributed by atoms with Gasteiger partial charge in [0.1, 0.15) is 0 Å². The lowest BCUT2D eigenvalue weighted by Crippen LogP contribution is -2.35. The predicted molar refractivity (Wildman–Crippen MR) is 107 cm³/mol. The van der Waals surface area contributed by atoms with E-state index in [1.165, 1.54) is 12.8 Å². The molecule has 6 heteroatoms. The summed E-state index contributed by atoms with van der Waals surface area (Å²) in [5, 5.41) is 3.38. The fraction of sp³-hybridized carbons (Fsp3) is 0.632. The van der Waals surface area contributed by atoms with Gasteiger partial charge >= 0.3 is 0 Å². The molecule has 0 spiro atoms. The van der Waals surface area contributed by atoms with Crippen LogP contribution in [0.2, 0.25) is 0 Å². The van der Waals surface area contributed by atoms with E-state index in [9.17, 15) is 9.00 Å². The molecule has 3 atom stereocenters. The minimum absolute atomic E-state index is 0. The van der Waals surface area contributed by atoms with Crippen molar-refractivity contribution in [2.75, 3.05) is 26.4 Å². The second-order valence-corrected chi connectivity index (χ2v) is 8.35. The summed E-state index contributed by atoms with van der Waals surface area (Å²) in [6, 6.07) is 7.75. The van der Waals surface area contributed by atoms with Crippen molar-refractivity contribution < 1.29 is 9.00 Å². The molecular weight excluding hydrogens is 356 g/mol. The van der Waals surface area contributed by atoms with Crippen LogP contribution in [0.15, 0.2) is 29.2 Å². The number of benzene rings is 1. The number of rotatable bonds is 6. The van der Waals surface area contributed by atoms with Gasteiger partial charge in [-0.05, 0) is 62.4 Å². The maximum Gasteiger partial charge on any atom is 0.223 e. The Morgan fingerprint density at radius 1 is 1.24 bits per heavy atom. The molecule has 1 aliphatic rings. The van der Waals surface area contributed by atoms with Gasteiger partial charge in [-0.2, -0.15) is 0 Å². The van der Waals surface area contributed by atoms with Crippen LogP contribution in [0.25, 0.3) is 0 Å². The van der Waals surface area contributed by atoms with Crippen LogP contribution in [0.4, 0.5) is 0 Å². The third-order valence-corrected chi connectivity index (χ3v) is 6.29. The lowest BCUT2D eigenvalue weighted by Gasteiger charge is -2.31. The fourth-order valence-corrected chi connectivity index (χ4v) is 3.90. The van der Waals surface area contributed by atoms with Crippen LogP contribution in [-0.4, -0.2) is 41.4 Å². The van der Waals surface area contributed by atoms with Crippen molar-refractivity contribution in [1.82, 2.24) is 10.2 Å². The zero-order valence-electron chi connectivity index (χ0n) is 15.7. The number of carbonyl (C=O) groups is 1. The molecule has 0 bridgehead atoms. The minimum Gasteiger partial charge on any atom is -0.339 e. The Balaban J connectivity index is 0.00000312. The predicted octanol–water partition coefficient (Wildman–Crippen LogP) is 3.39. The average Bonchev–Trinajstić information content (AvgIpc) is 2.61. The molecular formula is C19H31ClN2O2S. The van der Waals surface area contributed by atoms with Gasteiger partial charge in [-0.1, -0.05) is 19.1 Å². The quantitative estimate of drug-likeness (QED) is 0.815. The molecule has 1 aromatic rings. The number of carbonyl (C=O) groups excluding carboxylic acids is 1. The molecule has 2 rings (SSSR count). The lowest BCUT2D eigenvalue weighted by molar-refractivity contribution is -0.133. The summed E-state index contributed by atoms with van der Waals surface area (Å²) >= 11 is 0. The minimum atomic E-state index is -0.966. The molecule has 1 N–H and O–H groups in total. The second-order valence-electron chi connectivity index (χ2n) is 6.97. The third-order valence-electron chi connectivity index (χ3n) is 5.35. The number of nitrogens with one attached hydrogen (secondary N) is 1. The number of amides is 1. The zero-order chi connectivity index (χ0) is 17.7. The van der Waals surface area contributed by atoms with E-state index >= 15 is 0 Å². The third kappa shape index (κ3) is 6.08. The van der Waals surface area contributed by atoms with E-state index in [0.29, 0.717) is 18.3 Å². The largest absolute Gasteiger partial charge is 0.339 e. The summed E-state index contributed by atoms with van der Waals surface area (Å²) in [5.74, 6) is 1.29. The molecule has 1 aliphatic heterocycles. The first-order valence-corrected chi connectivity index (χ1v) is 10.4.